The second-order valence-corrected chi connectivity index (χ2v) is 6.14. The van der Waals surface area contributed by atoms with Gasteiger partial charge < -0.3 is 5.32 Å². The molecular weight excluding hydrogens is 272 g/mol. The largest absolute Gasteiger partial charge is 0.331 e. The summed E-state index contributed by atoms with van der Waals surface area (Å²) in [6.07, 6.45) is 2.09. The van der Waals surface area contributed by atoms with Gasteiger partial charge in [-0.15, -0.1) is 11.8 Å². The molecule has 0 saturated heterocycles. The smallest absolute Gasteiger partial charge is 0.188 e. The molecule has 0 saturated carbocycles. The van der Waals surface area contributed by atoms with Crippen LogP contribution in [0.1, 0.15) is 5.56 Å². The third kappa shape index (κ3) is 2.46. The predicted octanol–water partition coefficient (Wildman–Crippen LogP) is 5.07. The molecule has 1 aromatic heterocycles. The van der Waals surface area contributed by atoms with Crippen molar-refractivity contribution >= 4 is 44.1 Å². The molecule has 96 valence electrons. The summed E-state index contributed by atoms with van der Waals surface area (Å²) in [6, 6.07) is 14.6. The quantitative estimate of drug-likeness (QED) is 0.680. The zero-order chi connectivity index (χ0) is 13.2. The first-order chi connectivity index (χ1) is 9.28. The molecular formula is C15H14N2S2. The highest BCUT2D eigenvalue weighted by atomic mass is 32.2. The first-order valence-corrected chi connectivity index (χ1v) is 8.08. The minimum atomic E-state index is 0.950. The number of benzene rings is 2. The summed E-state index contributed by atoms with van der Waals surface area (Å²) in [5.74, 6) is 0. The molecule has 0 unspecified atom stereocenters. The molecule has 19 heavy (non-hydrogen) atoms. The molecule has 1 heterocycles. The van der Waals surface area contributed by atoms with Crippen molar-refractivity contribution in [3.05, 3.63) is 48.0 Å². The average molecular weight is 286 g/mol. The van der Waals surface area contributed by atoms with Crippen molar-refractivity contribution in [2.75, 3.05) is 11.6 Å². The molecule has 0 fully saturated rings. The van der Waals surface area contributed by atoms with Gasteiger partial charge in [0.25, 0.3) is 0 Å². The van der Waals surface area contributed by atoms with Crippen LogP contribution in [0, 0.1) is 6.92 Å². The maximum atomic E-state index is 4.68. The summed E-state index contributed by atoms with van der Waals surface area (Å²) in [6.45, 7) is 2.10. The standard InChI is InChI=1S/C15H14N2S2/c1-10-6-5-9-13-14(10)17-15(19-13)16-11-7-3-4-8-12(11)18-2/h3-9H,1-2H3,(H,16,17). The molecule has 0 spiro atoms. The van der Waals surface area contributed by atoms with Crippen molar-refractivity contribution in [1.29, 1.82) is 0 Å². The van der Waals surface area contributed by atoms with E-state index >= 15 is 0 Å². The Kier molecular flexibility index (Phi) is 3.44. The molecule has 1 N–H and O–H groups in total. The molecule has 0 radical (unpaired) electrons. The molecule has 3 rings (SSSR count). The molecule has 2 aromatic carbocycles. The van der Waals surface area contributed by atoms with Crippen molar-refractivity contribution in [2.45, 2.75) is 11.8 Å². The summed E-state index contributed by atoms with van der Waals surface area (Å²) in [4.78, 5) is 5.92. The Morgan fingerprint density at radius 3 is 2.74 bits per heavy atom. The number of hydrogen-bond acceptors (Lipinski definition) is 4. The summed E-state index contributed by atoms with van der Waals surface area (Å²) < 4.78 is 1.23. The van der Waals surface area contributed by atoms with Gasteiger partial charge in [-0.05, 0) is 36.9 Å². The minimum absolute atomic E-state index is 0.950. The Labute approximate surface area is 120 Å². The maximum absolute atomic E-state index is 4.68. The maximum Gasteiger partial charge on any atom is 0.188 e. The van der Waals surface area contributed by atoms with Crippen LogP contribution in [0.5, 0.6) is 0 Å². The fourth-order valence-electron chi connectivity index (χ4n) is 2.00. The molecule has 0 bridgehead atoms. The van der Waals surface area contributed by atoms with Crippen molar-refractivity contribution < 1.29 is 0 Å². The van der Waals surface area contributed by atoms with Crippen LogP contribution in [0.25, 0.3) is 10.2 Å². The molecule has 0 aliphatic rings. The number of thioether (sulfide) groups is 1. The van der Waals surface area contributed by atoms with Crippen LogP contribution < -0.4 is 5.32 Å². The van der Waals surface area contributed by atoms with E-state index in [0.29, 0.717) is 0 Å². The summed E-state index contributed by atoms with van der Waals surface area (Å²) in [7, 11) is 0. The summed E-state index contributed by atoms with van der Waals surface area (Å²) in [5.41, 5.74) is 3.43. The van der Waals surface area contributed by atoms with Crippen LogP contribution in [-0.4, -0.2) is 11.2 Å². The highest BCUT2D eigenvalue weighted by molar-refractivity contribution is 7.98. The lowest BCUT2D eigenvalue weighted by Crippen LogP contribution is -1.91. The second kappa shape index (κ2) is 5.23. The number of thiazole rings is 1. The third-order valence-electron chi connectivity index (χ3n) is 2.97. The highest BCUT2D eigenvalue weighted by Gasteiger charge is 2.07. The normalized spacial score (nSPS) is 10.8. The van der Waals surface area contributed by atoms with Crippen molar-refractivity contribution in [2.24, 2.45) is 0 Å². The fourth-order valence-corrected chi connectivity index (χ4v) is 3.51. The number of rotatable bonds is 3. The van der Waals surface area contributed by atoms with E-state index < -0.39 is 0 Å². The van der Waals surface area contributed by atoms with E-state index in [1.54, 1.807) is 23.1 Å². The van der Waals surface area contributed by atoms with E-state index in [9.17, 15) is 0 Å². The Hall–Kier alpha value is -1.52. The number of para-hydroxylation sites is 2. The zero-order valence-electron chi connectivity index (χ0n) is 10.8. The van der Waals surface area contributed by atoms with E-state index in [-0.39, 0.29) is 0 Å². The van der Waals surface area contributed by atoms with Gasteiger partial charge in [0.15, 0.2) is 5.13 Å². The van der Waals surface area contributed by atoms with Gasteiger partial charge in [0.1, 0.15) is 0 Å². The minimum Gasteiger partial charge on any atom is -0.331 e. The van der Waals surface area contributed by atoms with E-state index in [1.165, 1.54) is 15.2 Å². The third-order valence-corrected chi connectivity index (χ3v) is 4.70. The number of nitrogens with zero attached hydrogens (tertiary/aromatic N) is 1. The van der Waals surface area contributed by atoms with Crippen LogP contribution in [0.2, 0.25) is 0 Å². The molecule has 0 atom stereocenters. The lowest BCUT2D eigenvalue weighted by molar-refractivity contribution is 1.37. The van der Waals surface area contributed by atoms with Gasteiger partial charge in [0.05, 0.1) is 15.9 Å². The van der Waals surface area contributed by atoms with Crippen LogP contribution >= 0.6 is 23.1 Å². The molecule has 3 aromatic rings. The molecule has 0 amide bonds. The van der Waals surface area contributed by atoms with Gasteiger partial charge in [-0.25, -0.2) is 4.98 Å². The Morgan fingerprint density at radius 2 is 1.95 bits per heavy atom. The topological polar surface area (TPSA) is 24.9 Å². The van der Waals surface area contributed by atoms with Gasteiger partial charge in [-0.1, -0.05) is 35.6 Å². The highest BCUT2D eigenvalue weighted by Crippen LogP contribution is 2.33. The van der Waals surface area contributed by atoms with Gasteiger partial charge in [-0.2, -0.15) is 0 Å². The number of aryl methyl sites for hydroxylation is 1. The van der Waals surface area contributed by atoms with E-state index in [0.717, 1.165) is 16.3 Å². The van der Waals surface area contributed by atoms with E-state index in [1.807, 2.05) is 6.07 Å². The van der Waals surface area contributed by atoms with Gasteiger partial charge in [-0.3, -0.25) is 0 Å². The fraction of sp³-hybridized carbons (Fsp3) is 0.133. The first-order valence-electron chi connectivity index (χ1n) is 6.04. The number of nitrogens with one attached hydrogen (secondary N) is 1. The van der Waals surface area contributed by atoms with Crippen LogP contribution in [0.4, 0.5) is 10.8 Å². The molecule has 0 aliphatic heterocycles. The number of anilines is 2. The lowest BCUT2D eigenvalue weighted by Gasteiger charge is -2.06. The Morgan fingerprint density at radius 1 is 1.11 bits per heavy atom. The van der Waals surface area contributed by atoms with Crippen LogP contribution in [-0.2, 0) is 0 Å². The van der Waals surface area contributed by atoms with Crippen LogP contribution in [0.3, 0.4) is 0 Å². The van der Waals surface area contributed by atoms with E-state index in [2.05, 4.69) is 59.9 Å². The first kappa shape index (κ1) is 12.5. The average Bonchev–Trinajstić information content (AvgIpc) is 2.83. The SMILES string of the molecule is CSc1ccccc1Nc1nc2c(C)cccc2s1. The van der Waals surface area contributed by atoms with E-state index in [4.69, 9.17) is 0 Å². The van der Waals surface area contributed by atoms with Crippen molar-refractivity contribution in [3.8, 4) is 0 Å². The van der Waals surface area contributed by atoms with Crippen molar-refractivity contribution in [3.63, 3.8) is 0 Å². The van der Waals surface area contributed by atoms with Crippen LogP contribution in [0.15, 0.2) is 47.4 Å². The van der Waals surface area contributed by atoms with Gasteiger partial charge in [0, 0.05) is 4.90 Å². The zero-order valence-corrected chi connectivity index (χ0v) is 12.4. The lowest BCUT2D eigenvalue weighted by atomic mass is 10.2. The molecule has 4 heteroatoms. The van der Waals surface area contributed by atoms with Gasteiger partial charge in [0.2, 0.25) is 0 Å². The number of aromatic nitrogens is 1. The number of fused-ring (bicyclic) bond motifs is 1. The number of hydrogen-bond donors (Lipinski definition) is 1. The summed E-state index contributed by atoms with van der Waals surface area (Å²) in [5, 5.41) is 4.38. The monoisotopic (exact) mass is 286 g/mol. The summed E-state index contributed by atoms with van der Waals surface area (Å²) >= 11 is 3.43. The Bertz CT molecular complexity index is 719. The van der Waals surface area contributed by atoms with Crippen molar-refractivity contribution in [1.82, 2.24) is 4.98 Å². The Balaban J connectivity index is 1.99. The predicted molar refractivity (Wildman–Crippen MR) is 85.9 cm³/mol. The second-order valence-electron chi connectivity index (χ2n) is 4.27. The molecule has 2 nitrogen and oxygen atoms in total. The molecule has 0 aliphatic carbocycles. The van der Waals surface area contributed by atoms with Gasteiger partial charge >= 0.3 is 0 Å².